The van der Waals surface area contributed by atoms with Gasteiger partial charge in [0.2, 0.25) is 0 Å². The van der Waals surface area contributed by atoms with Crippen molar-refractivity contribution < 1.29 is 9.18 Å². The van der Waals surface area contributed by atoms with Gasteiger partial charge in [-0.15, -0.1) is 0 Å². The monoisotopic (exact) mass is 205 g/mol. The Morgan fingerprint density at radius 3 is 2.33 bits per heavy atom. The number of rotatable bonds is 3. The molecule has 0 saturated heterocycles. The zero-order valence-corrected chi connectivity index (χ0v) is 8.75. The number of nitrogens with zero attached hydrogens (tertiary/aromatic N) is 1. The van der Waals surface area contributed by atoms with Crippen LogP contribution < -0.4 is 0 Å². The highest BCUT2D eigenvalue weighted by atomic mass is 19.1. The molecule has 0 aliphatic rings. The summed E-state index contributed by atoms with van der Waals surface area (Å²) in [4.78, 5) is 11.5. The third-order valence-corrected chi connectivity index (χ3v) is 2.66. The fraction of sp³-hybridized carbons (Fsp3) is 0.333. The molecule has 1 unspecified atom stereocenters. The molecular weight excluding hydrogens is 193 g/mol. The van der Waals surface area contributed by atoms with Crippen molar-refractivity contribution in [3.63, 3.8) is 0 Å². The van der Waals surface area contributed by atoms with Crippen LogP contribution in [0, 0.1) is 17.1 Å². The third-order valence-electron chi connectivity index (χ3n) is 2.66. The van der Waals surface area contributed by atoms with Crippen molar-refractivity contribution >= 4 is 5.78 Å². The number of carbonyl (C=O) groups is 1. The lowest BCUT2D eigenvalue weighted by Gasteiger charge is -2.22. The van der Waals surface area contributed by atoms with Gasteiger partial charge in [-0.05, 0) is 31.0 Å². The van der Waals surface area contributed by atoms with Crippen LogP contribution in [0.5, 0.6) is 0 Å². The molecule has 0 aromatic heterocycles. The van der Waals surface area contributed by atoms with Crippen LogP contribution in [0.25, 0.3) is 0 Å². The van der Waals surface area contributed by atoms with Gasteiger partial charge in [0.1, 0.15) is 11.2 Å². The van der Waals surface area contributed by atoms with Crippen LogP contribution in [0.4, 0.5) is 4.39 Å². The Kier molecular flexibility index (Phi) is 3.21. The molecule has 0 aliphatic heterocycles. The third kappa shape index (κ3) is 1.89. The van der Waals surface area contributed by atoms with E-state index >= 15 is 0 Å². The van der Waals surface area contributed by atoms with E-state index in [9.17, 15) is 9.18 Å². The number of benzene rings is 1. The molecule has 2 nitrogen and oxygen atoms in total. The molecule has 0 amide bonds. The molecule has 0 saturated carbocycles. The number of nitriles is 1. The first kappa shape index (κ1) is 11.4. The highest BCUT2D eigenvalue weighted by Gasteiger charge is 2.35. The first-order valence-corrected chi connectivity index (χ1v) is 4.75. The van der Waals surface area contributed by atoms with Crippen LogP contribution in [-0.4, -0.2) is 5.78 Å². The normalized spacial score (nSPS) is 14.0. The Morgan fingerprint density at radius 2 is 2.00 bits per heavy atom. The lowest BCUT2D eigenvalue weighted by Crippen LogP contribution is -2.31. The predicted molar refractivity (Wildman–Crippen MR) is 54.7 cm³/mol. The topological polar surface area (TPSA) is 40.9 Å². The summed E-state index contributed by atoms with van der Waals surface area (Å²) in [5.74, 6) is -0.579. The van der Waals surface area contributed by atoms with Gasteiger partial charge in [0.15, 0.2) is 5.78 Å². The minimum absolute atomic E-state index is 0.209. The molecule has 0 N–H and O–H groups in total. The van der Waals surface area contributed by atoms with Gasteiger partial charge in [-0.3, -0.25) is 4.79 Å². The lowest BCUT2D eigenvalue weighted by atomic mass is 9.76. The zero-order chi connectivity index (χ0) is 11.5. The second-order valence-electron chi connectivity index (χ2n) is 3.43. The average Bonchev–Trinajstić information content (AvgIpc) is 2.22. The second-order valence-corrected chi connectivity index (χ2v) is 3.43. The Morgan fingerprint density at radius 1 is 1.47 bits per heavy atom. The van der Waals surface area contributed by atoms with Crippen molar-refractivity contribution in [1.29, 1.82) is 5.26 Å². The van der Waals surface area contributed by atoms with E-state index in [4.69, 9.17) is 5.26 Å². The fourth-order valence-electron chi connectivity index (χ4n) is 1.61. The Bertz CT molecular complexity index is 405. The van der Waals surface area contributed by atoms with Crippen LogP contribution in [-0.2, 0) is 10.2 Å². The smallest absolute Gasteiger partial charge is 0.154 e. The maximum atomic E-state index is 12.7. The summed E-state index contributed by atoms with van der Waals surface area (Å²) in [6.07, 6.45) is 0.393. The molecule has 78 valence electrons. The minimum atomic E-state index is -1.13. The van der Waals surface area contributed by atoms with Gasteiger partial charge in [0.05, 0.1) is 6.07 Å². The molecule has 1 aromatic carbocycles. The summed E-state index contributed by atoms with van der Waals surface area (Å²) in [5, 5.41) is 9.11. The van der Waals surface area contributed by atoms with Crippen molar-refractivity contribution in [2.45, 2.75) is 25.7 Å². The maximum Gasteiger partial charge on any atom is 0.154 e. The summed E-state index contributed by atoms with van der Waals surface area (Å²) in [6.45, 7) is 3.16. The van der Waals surface area contributed by atoms with Crippen LogP contribution in [0.15, 0.2) is 24.3 Å². The second kappa shape index (κ2) is 4.22. The highest BCUT2D eigenvalue weighted by molar-refractivity contribution is 5.91. The average molecular weight is 205 g/mol. The number of ketones is 1. The van der Waals surface area contributed by atoms with Gasteiger partial charge in [0, 0.05) is 0 Å². The van der Waals surface area contributed by atoms with Crippen molar-refractivity contribution in [3.05, 3.63) is 35.6 Å². The Balaban J connectivity index is 3.28. The van der Waals surface area contributed by atoms with Crippen LogP contribution in [0.1, 0.15) is 25.8 Å². The van der Waals surface area contributed by atoms with E-state index < -0.39 is 5.41 Å². The zero-order valence-electron chi connectivity index (χ0n) is 8.75. The van der Waals surface area contributed by atoms with E-state index in [1.165, 1.54) is 31.2 Å². The molecule has 1 rings (SSSR count). The summed E-state index contributed by atoms with van der Waals surface area (Å²) in [5.41, 5.74) is -0.574. The molecule has 0 bridgehead atoms. The van der Waals surface area contributed by atoms with E-state index in [1.54, 1.807) is 6.92 Å². The molecule has 3 heteroatoms. The maximum absolute atomic E-state index is 12.7. The largest absolute Gasteiger partial charge is 0.298 e. The molecule has 0 aliphatic carbocycles. The van der Waals surface area contributed by atoms with Crippen LogP contribution in [0.2, 0.25) is 0 Å². The van der Waals surface area contributed by atoms with E-state index in [1.807, 2.05) is 6.07 Å². The van der Waals surface area contributed by atoms with E-state index in [-0.39, 0.29) is 11.6 Å². The molecule has 15 heavy (non-hydrogen) atoms. The molecule has 0 heterocycles. The number of carbonyl (C=O) groups excluding carboxylic acids is 1. The lowest BCUT2D eigenvalue weighted by molar-refractivity contribution is -0.120. The van der Waals surface area contributed by atoms with Crippen molar-refractivity contribution in [1.82, 2.24) is 0 Å². The molecule has 0 spiro atoms. The van der Waals surface area contributed by atoms with Gasteiger partial charge in [-0.25, -0.2) is 4.39 Å². The molecule has 0 radical (unpaired) electrons. The summed E-state index contributed by atoms with van der Waals surface area (Å²) >= 11 is 0. The van der Waals surface area contributed by atoms with E-state index in [2.05, 4.69) is 0 Å². The summed E-state index contributed by atoms with van der Waals surface area (Å²) in [7, 11) is 0. The van der Waals surface area contributed by atoms with Gasteiger partial charge >= 0.3 is 0 Å². The van der Waals surface area contributed by atoms with Crippen molar-refractivity contribution in [3.8, 4) is 6.07 Å². The molecule has 0 fully saturated rings. The standard InChI is InChI=1S/C12H12FNO/c1-3-12(8-14,9(2)15)10-4-6-11(13)7-5-10/h4-7H,3H2,1-2H3. The first-order chi connectivity index (χ1) is 7.06. The van der Waals surface area contributed by atoms with E-state index in [0.29, 0.717) is 12.0 Å². The molecule has 1 atom stereocenters. The van der Waals surface area contributed by atoms with Gasteiger partial charge in [0.25, 0.3) is 0 Å². The summed E-state index contributed by atoms with van der Waals surface area (Å²) in [6, 6.07) is 7.54. The van der Waals surface area contributed by atoms with Crippen LogP contribution in [0.3, 0.4) is 0 Å². The minimum Gasteiger partial charge on any atom is -0.298 e. The number of hydrogen-bond donors (Lipinski definition) is 0. The number of halogens is 1. The van der Waals surface area contributed by atoms with Crippen molar-refractivity contribution in [2.24, 2.45) is 0 Å². The SMILES string of the molecule is CCC(C#N)(C(C)=O)c1ccc(F)cc1. The Labute approximate surface area is 88.3 Å². The number of Topliss-reactive ketones (excluding diaryl/α,β-unsaturated/α-hetero) is 1. The van der Waals surface area contributed by atoms with Crippen LogP contribution >= 0.6 is 0 Å². The highest BCUT2D eigenvalue weighted by Crippen LogP contribution is 2.28. The van der Waals surface area contributed by atoms with Crippen molar-refractivity contribution in [2.75, 3.05) is 0 Å². The van der Waals surface area contributed by atoms with E-state index in [0.717, 1.165) is 0 Å². The fourth-order valence-corrected chi connectivity index (χ4v) is 1.61. The van der Waals surface area contributed by atoms with Gasteiger partial charge < -0.3 is 0 Å². The quantitative estimate of drug-likeness (QED) is 0.761. The van der Waals surface area contributed by atoms with Gasteiger partial charge in [-0.1, -0.05) is 19.1 Å². The predicted octanol–water partition coefficient (Wildman–Crippen LogP) is 2.59. The van der Waals surface area contributed by atoms with Gasteiger partial charge in [-0.2, -0.15) is 5.26 Å². The molecule has 1 aromatic rings. The summed E-state index contributed by atoms with van der Waals surface area (Å²) < 4.78 is 12.7. The number of hydrogen-bond acceptors (Lipinski definition) is 2. The first-order valence-electron chi connectivity index (χ1n) is 4.75. The molecular formula is C12H12FNO. The Hall–Kier alpha value is -1.69.